The van der Waals surface area contributed by atoms with Gasteiger partial charge in [0, 0.05) is 17.2 Å². The van der Waals surface area contributed by atoms with E-state index in [4.69, 9.17) is 16.4 Å². The molecule has 2 N–H and O–H groups in total. The summed E-state index contributed by atoms with van der Waals surface area (Å²) in [6, 6.07) is 0.328. The molecule has 0 aromatic carbocycles. The molecule has 0 fully saturated rings. The maximum atomic E-state index is 12.8. The first kappa shape index (κ1) is 17.8. The molecule has 0 amide bonds. The van der Waals surface area contributed by atoms with Crippen molar-refractivity contribution < 1.29 is 39.5 Å². The number of ether oxygens (including phenoxy) is 1. The molecule has 21 heavy (non-hydrogen) atoms. The quantitative estimate of drug-likeness (QED) is 0.662. The summed E-state index contributed by atoms with van der Waals surface area (Å²) in [5.41, 5.74) is 2.20. The van der Waals surface area contributed by atoms with Gasteiger partial charge < -0.3 is 10.5 Å². The van der Waals surface area contributed by atoms with Gasteiger partial charge in [0.25, 0.3) is 9.05 Å². The lowest BCUT2D eigenvalue weighted by atomic mass is 10.2. The highest BCUT2D eigenvalue weighted by Crippen LogP contribution is 2.42. The number of nitrogens with two attached hydrogens (primary N) is 1. The zero-order valence-electron chi connectivity index (χ0n) is 9.59. The maximum Gasteiger partial charge on any atom is 0.574 e. The van der Waals surface area contributed by atoms with E-state index in [1.807, 2.05) is 0 Å². The Kier molecular flexibility index (Phi) is 4.65. The van der Waals surface area contributed by atoms with Crippen molar-refractivity contribution in [2.45, 2.75) is 24.0 Å². The van der Waals surface area contributed by atoms with Crippen molar-refractivity contribution in [2.24, 2.45) is 5.73 Å². The fraction of sp³-hybridized carbons (Fsp3) is 0.375. The molecule has 0 aliphatic carbocycles. The van der Waals surface area contributed by atoms with Crippen LogP contribution in [0.4, 0.5) is 26.3 Å². The SMILES string of the molecule is NCc1cc(S(=O)(=O)Cl)c(C(F)(F)F)c(OC(F)(F)F)n1. The van der Waals surface area contributed by atoms with Crippen LogP contribution < -0.4 is 10.5 Å². The Morgan fingerprint density at radius 3 is 2.10 bits per heavy atom. The molecule has 1 heterocycles. The van der Waals surface area contributed by atoms with Gasteiger partial charge in [-0.1, -0.05) is 0 Å². The minimum Gasteiger partial charge on any atom is -0.387 e. The van der Waals surface area contributed by atoms with E-state index < -0.39 is 50.2 Å². The van der Waals surface area contributed by atoms with Crippen molar-refractivity contribution >= 4 is 19.7 Å². The molecule has 1 aromatic heterocycles. The highest BCUT2D eigenvalue weighted by Gasteiger charge is 2.45. The number of hydrogen-bond donors (Lipinski definition) is 1. The third kappa shape index (κ3) is 4.61. The van der Waals surface area contributed by atoms with Crippen LogP contribution in [0.2, 0.25) is 0 Å². The number of halogens is 7. The number of hydrogen-bond acceptors (Lipinski definition) is 5. The standard InChI is InChI=1S/C8H5ClF6N2O3S/c9-21(18,19)4-1-3(2-16)17-6(20-8(13,14)15)5(4)7(10,11)12/h1H,2,16H2. The van der Waals surface area contributed by atoms with E-state index in [9.17, 15) is 34.8 Å². The Morgan fingerprint density at radius 1 is 1.24 bits per heavy atom. The van der Waals surface area contributed by atoms with Gasteiger partial charge in [0.05, 0.1) is 5.69 Å². The molecule has 0 atom stereocenters. The second-order valence-electron chi connectivity index (χ2n) is 3.48. The van der Waals surface area contributed by atoms with Gasteiger partial charge in [-0.25, -0.2) is 13.4 Å². The second-order valence-corrected chi connectivity index (χ2v) is 6.01. The van der Waals surface area contributed by atoms with Crippen LogP contribution in [-0.4, -0.2) is 19.8 Å². The molecule has 5 nitrogen and oxygen atoms in total. The Hall–Kier alpha value is -1.27. The maximum absolute atomic E-state index is 12.8. The normalized spacial score (nSPS) is 13.3. The zero-order valence-corrected chi connectivity index (χ0v) is 11.2. The molecule has 1 aromatic rings. The van der Waals surface area contributed by atoms with Crippen molar-refractivity contribution in [1.82, 2.24) is 4.98 Å². The number of rotatable bonds is 3. The average Bonchev–Trinajstić information content (AvgIpc) is 2.22. The van der Waals surface area contributed by atoms with Crippen molar-refractivity contribution in [1.29, 1.82) is 0 Å². The predicted molar refractivity (Wildman–Crippen MR) is 56.9 cm³/mol. The Bertz CT molecular complexity index is 643. The van der Waals surface area contributed by atoms with Crippen molar-refractivity contribution in [3.05, 3.63) is 17.3 Å². The summed E-state index contributed by atoms with van der Waals surface area (Å²) in [4.78, 5) is 1.29. The first-order chi connectivity index (χ1) is 9.25. The van der Waals surface area contributed by atoms with Gasteiger partial charge in [-0.15, -0.1) is 13.2 Å². The van der Waals surface area contributed by atoms with E-state index in [1.165, 1.54) is 0 Å². The van der Waals surface area contributed by atoms with Gasteiger partial charge in [-0.2, -0.15) is 13.2 Å². The smallest absolute Gasteiger partial charge is 0.387 e. The fourth-order valence-electron chi connectivity index (χ4n) is 1.29. The molecule has 120 valence electrons. The van der Waals surface area contributed by atoms with E-state index in [2.05, 4.69) is 9.72 Å². The molecule has 1 rings (SSSR count). The highest BCUT2D eigenvalue weighted by molar-refractivity contribution is 8.13. The summed E-state index contributed by atoms with van der Waals surface area (Å²) in [7, 11) is -0.209. The largest absolute Gasteiger partial charge is 0.574 e. The molecule has 0 aliphatic heterocycles. The number of alkyl halides is 6. The molecule has 0 saturated carbocycles. The summed E-state index contributed by atoms with van der Waals surface area (Å²) in [5.74, 6) is -1.99. The van der Waals surface area contributed by atoms with Gasteiger partial charge in [-0.05, 0) is 6.07 Å². The van der Waals surface area contributed by atoms with Crippen LogP contribution in [0.1, 0.15) is 11.3 Å². The van der Waals surface area contributed by atoms with Crippen LogP contribution in [0.25, 0.3) is 0 Å². The zero-order chi connectivity index (χ0) is 16.6. The van der Waals surface area contributed by atoms with Crippen LogP contribution in [-0.2, 0) is 21.8 Å². The lowest BCUT2D eigenvalue weighted by molar-refractivity contribution is -0.278. The summed E-state index contributed by atoms with van der Waals surface area (Å²) >= 11 is 0. The summed E-state index contributed by atoms with van der Waals surface area (Å²) in [6.07, 6.45) is -11.0. The molecule has 0 spiro atoms. The number of aromatic nitrogens is 1. The molecule has 0 aliphatic rings. The third-order valence-corrected chi connectivity index (χ3v) is 3.32. The minimum atomic E-state index is -5.52. The molecule has 0 saturated heterocycles. The molecule has 0 radical (unpaired) electrons. The molecule has 13 heteroatoms. The van der Waals surface area contributed by atoms with Gasteiger partial charge in [0.15, 0.2) is 0 Å². The lowest BCUT2D eigenvalue weighted by Gasteiger charge is -2.17. The van der Waals surface area contributed by atoms with E-state index in [-0.39, 0.29) is 0 Å². The first-order valence-electron chi connectivity index (χ1n) is 4.77. The first-order valence-corrected chi connectivity index (χ1v) is 7.08. The van der Waals surface area contributed by atoms with Crippen molar-refractivity contribution in [3.8, 4) is 5.88 Å². The molecule has 0 unspecified atom stereocenters. The second kappa shape index (κ2) is 5.50. The average molecular weight is 359 g/mol. The minimum absolute atomic E-state index is 0.328. The van der Waals surface area contributed by atoms with Gasteiger partial charge in [0.1, 0.15) is 10.5 Å². The lowest BCUT2D eigenvalue weighted by Crippen LogP contribution is -2.23. The van der Waals surface area contributed by atoms with Crippen LogP contribution in [0.5, 0.6) is 5.88 Å². The summed E-state index contributed by atoms with van der Waals surface area (Å²) in [5, 5.41) is 0. The Balaban J connectivity index is 3.76. The predicted octanol–water partition coefficient (Wildman–Crippen LogP) is 2.39. The van der Waals surface area contributed by atoms with E-state index >= 15 is 0 Å². The van der Waals surface area contributed by atoms with Crippen molar-refractivity contribution in [3.63, 3.8) is 0 Å². The fourth-order valence-corrected chi connectivity index (χ4v) is 2.38. The Labute approximate surface area is 118 Å². The molecular formula is C8H5ClF6N2O3S. The topological polar surface area (TPSA) is 82.3 Å². The van der Waals surface area contributed by atoms with Crippen LogP contribution in [0.15, 0.2) is 11.0 Å². The van der Waals surface area contributed by atoms with E-state index in [1.54, 1.807) is 0 Å². The monoisotopic (exact) mass is 358 g/mol. The van der Waals surface area contributed by atoms with E-state index in [0.717, 1.165) is 0 Å². The van der Waals surface area contributed by atoms with Crippen molar-refractivity contribution in [2.75, 3.05) is 0 Å². The van der Waals surface area contributed by atoms with Crippen LogP contribution in [0, 0.1) is 0 Å². The van der Waals surface area contributed by atoms with Crippen LogP contribution >= 0.6 is 10.7 Å². The number of pyridine rings is 1. The van der Waals surface area contributed by atoms with Gasteiger partial charge in [-0.3, -0.25) is 0 Å². The van der Waals surface area contributed by atoms with Crippen LogP contribution in [0.3, 0.4) is 0 Å². The highest BCUT2D eigenvalue weighted by atomic mass is 35.7. The summed E-state index contributed by atoms with van der Waals surface area (Å²) in [6.45, 7) is -0.633. The number of nitrogens with zero attached hydrogens (tertiary/aromatic N) is 1. The molecule has 0 bridgehead atoms. The molecular weight excluding hydrogens is 354 g/mol. The summed E-state index contributed by atoms with van der Waals surface area (Å²) < 4.78 is 100. The Morgan fingerprint density at radius 2 is 1.76 bits per heavy atom. The van der Waals surface area contributed by atoms with E-state index in [0.29, 0.717) is 6.07 Å². The van der Waals surface area contributed by atoms with Gasteiger partial charge in [0.2, 0.25) is 5.88 Å². The third-order valence-electron chi connectivity index (χ3n) is 1.97. The van der Waals surface area contributed by atoms with Gasteiger partial charge >= 0.3 is 12.5 Å².